The highest BCUT2D eigenvalue weighted by molar-refractivity contribution is 6.03. The summed E-state index contributed by atoms with van der Waals surface area (Å²) < 4.78 is 32.6. The smallest absolute Gasteiger partial charge is 0.174 e. The topological polar surface area (TPSA) is 66.8 Å². The molecule has 0 amide bonds. The van der Waals surface area contributed by atoms with Gasteiger partial charge in [0.2, 0.25) is 0 Å². The second-order valence-electron chi connectivity index (χ2n) is 8.41. The van der Waals surface area contributed by atoms with Crippen LogP contribution in [0.15, 0.2) is 53.6 Å². The molecule has 170 valence electrons. The maximum absolute atomic E-state index is 14.0. The number of carbonyl (C=O) groups excluding carboxylic acids is 1. The summed E-state index contributed by atoms with van der Waals surface area (Å²) in [5.41, 5.74) is 2.69. The molecular formula is C26H28F2O4. The Bertz CT molecular complexity index is 1040. The fourth-order valence-corrected chi connectivity index (χ4v) is 4.24. The van der Waals surface area contributed by atoms with Crippen LogP contribution in [0.3, 0.4) is 0 Å². The number of carbonyl (C=O) groups is 1. The van der Waals surface area contributed by atoms with Gasteiger partial charge in [0.25, 0.3) is 0 Å². The normalized spacial score (nSPS) is 18.1. The highest BCUT2D eigenvalue weighted by Gasteiger charge is 2.35. The highest BCUT2D eigenvalue weighted by atomic mass is 19.2. The second-order valence-corrected chi connectivity index (χ2v) is 8.41. The number of Topliss-reactive ketones (excluding diaryl/α,β-unsaturated/α-hetero) is 1. The Morgan fingerprint density at radius 3 is 2.41 bits per heavy atom. The summed E-state index contributed by atoms with van der Waals surface area (Å²) in [6.45, 7) is 4.06. The van der Waals surface area contributed by atoms with E-state index in [2.05, 4.69) is 6.08 Å². The molecule has 0 unspecified atom stereocenters. The Morgan fingerprint density at radius 1 is 1.12 bits per heavy atom. The van der Waals surface area contributed by atoms with Crippen LogP contribution in [0.1, 0.15) is 61.4 Å². The first-order chi connectivity index (χ1) is 15.2. The molecule has 1 aliphatic rings. The number of allylic oxidation sites excluding steroid dienone is 4. The SMILES string of the molecule is COc1cc(O)c(C(=O)[C@H]2CC=C(CCC=C(C)C)C[C@@H]2c2ccc(F)c(F)c2)c(O)c1. The van der Waals surface area contributed by atoms with Crippen LogP contribution in [0, 0.1) is 17.6 Å². The van der Waals surface area contributed by atoms with Crippen molar-refractivity contribution < 1.29 is 28.5 Å². The number of aromatic hydroxyl groups is 2. The van der Waals surface area contributed by atoms with Crippen LogP contribution in [0.5, 0.6) is 17.2 Å². The number of ether oxygens (including phenoxy) is 1. The Balaban J connectivity index is 1.98. The summed E-state index contributed by atoms with van der Waals surface area (Å²) in [5.74, 6) is -3.96. The van der Waals surface area contributed by atoms with Gasteiger partial charge in [-0.15, -0.1) is 0 Å². The predicted octanol–water partition coefficient (Wildman–Crippen LogP) is 6.43. The molecule has 0 heterocycles. The molecule has 0 saturated heterocycles. The van der Waals surface area contributed by atoms with Gasteiger partial charge in [0.05, 0.1) is 7.11 Å². The number of methoxy groups -OCH3 is 1. The summed E-state index contributed by atoms with van der Waals surface area (Å²) >= 11 is 0. The molecule has 0 spiro atoms. The fraction of sp³-hybridized carbons (Fsp3) is 0.346. The van der Waals surface area contributed by atoms with E-state index in [0.717, 1.165) is 30.5 Å². The third-order valence-electron chi connectivity index (χ3n) is 5.91. The van der Waals surface area contributed by atoms with Crippen LogP contribution in [0.25, 0.3) is 0 Å². The third-order valence-corrected chi connectivity index (χ3v) is 5.91. The summed E-state index contributed by atoms with van der Waals surface area (Å²) in [5, 5.41) is 20.7. The van der Waals surface area contributed by atoms with E-state index in [4.69, 9.17) is 4.74 Å². The molecule has 2 atom stereocenters. The zero-order valence-electron chi connectivity index (χ0n) is 18.5. The van der Waals surface area contributed by atoms with Crippen LogP contribution in [0.2, 0.25) is 0 Å². The fourth-order valence-electron chi connectivity index (χ4n) is 4.24. The van der Waals surface area contributed by atoms with Crippen LogP contribution in [0.4, 0.5) is 8.78 Å². The average Bonchev–Trinajstić information content (AvgIpc) is 2.74. The highest BCUT2D eigenvalue weighted by Crippen LogP contribution is 2.44. The van der Waals surface area contributed by atoms with Crippen molar-refractivity contribution in [1.82, 2.24) is 0 Å². The van der Waals surface area contributed by atoms with E-state index in [1.165, 1.54) is 30.9 Å². The molecule has 0 aromatic heterocycles. The minimum atomic E-state index is -0.968. The number of phenols is 2. The summed E-state index contributed by atoms with van der Waals surface area (Å²) in [7, 11) is 1.39. The molecular weight excluding hydrogens is 414 g/mol. The van der Waals surface area contributed by atoms with Crippen LogP contribution in [-0.2, 0) is 0 Å². The van der Waals surface area contributed by atoms with Crippen molar-refractivity contribution in [2.24, 2.45) is 5.92 Å². The average molecular weight is 443 g/mol. The van der Waals surface area contributed by atoms with Gasteiger partial charge in [0.1, 0.15) is 22.8 Å². The van der Waals surface area contributed by atoms with Gasteiger partial charge in [0.15, 0.2) is 17.4 Å². The van der Waals surface area contributed by atoms with E-state index >= 15 is 0 Å². The molecule has 1 aliphatic carbocycles. The Hall–Kier alpha value is -3.15. The first kappa shape index (κ1) is 23.5. The first-order valence-electron chi connectivity index (χ1n) is 10.6. The molecule has 3 rings (SSSR count). The predicted molar refractivity (Wildman–Crippen MR) is 119 cm³/mol. The minimum Gasteiger partial charge on any atom is -0.507 e. The lowest BCUT2D eigenvalue weighted by Gasteiger charge is -2.31. The van der Waals surface area contributed by atoms with E-state index < -0.39 is 29.3 Å². The summed E-state index contributed by atoms with van der Waals surface area (Å²) in [6, 6.07) is 6.23. The Morgan fingerprint density at radius 2 is 1.81 bits per heavy atom. The number of halogens is 2. The zero-order chi connectivity index (χ0) is 23.4. The molecule has 0 bridgehead atoms. The lowest BCUT2D eigenvalue weighted by atomic mass is 9.72. The van der Waals surface area contributed by atoms with E-state index in [0.29, 0.717) is 18.4 Å². The van der Waals surface area contributed by atoms with Crippen molar-refractivity contribution in [3.63, 3.8) is 0 Å². The molecule has 0 saturated carbocycles. The largest absolute Gasteiger partial charge is 0.507 e. The van der Waals surface area contributed by atoms with Crippen molar-refractivity contribution in [1.29, 1.82) is 0 Å². The number of benzene rings is 2. The van der Waals surface area contributed by atoms with Gasteiger partial charge >= 0.3 is 0 Å². The maximum atomic E-state index is 14.0. The lowest BCUT2D eigenvalue weighted by molar-refractivity contribution is 0.0889. The number of hydrogen-bond donors (Lipinski definition) is 2. The molecule has 0 aliphatic heterocycles. The molecule has 2 N–H and O–H groups in total. The van der Waals surface area contributed by atoms with Gasteiger partial charge in [0, 0.05) is 18.1 Å². The van der Waals surface area contributed by atoms with Crippen LogP contribution >= 0.6 is 0 Å². The number of rotatable bonds is 7. The quantitative estimate of drug-likeness (QED) is 0.383. The standard InChI is InChI=1S/C26H28F2O4/c1-15(2)5-4-6-16-7-9-19(20(11-16)17-8-10-21(27)22(28)12-17)26(31)25-23(29)13-18(32-3)14-24(25)30/h5,7-8,10,12-14,19-20,29-30H,4,6,9,11H2,1-3H3/t19-,20+/m0/s1. The van der Waals surface area contributed by atoms with Gasteiger partial charge in [-0.1, -0.05) is 29.4 Å². The second kappa shape index (κ2) is 9.98. The van der Waals surface area contributed by atoms with Crippen molar-refractivity contribution >= 4 is 5.78 Å². The van der Waals surface area contributed by atoms with Gasteiger partial charge in [-0.2, -0.15) is 0 Å². The van der Waals surface area contributed by atoms with E-state index in [1.54, 1.807) is 0 Å². The van der Waals surface area contributed by atoms with Gasteiger partial charge in [-0.25, -0.2) is 8.78 Å². The molecule has 0 fully saturated rings. The van der Waals surface area contributed by atoms with Crippen molar-refractivity contribution in [3.05, 3.63) is 76.4 Å². The zero-order valence-corrected chi connectivity index (χ0v) is 18.5. The molecule has 32 heavy (non-hydrogen) atoms. The maximum Gasteiger partial charge on any atom is 0.174 e. The number of ketones is 1. The number of hydrogen-bond acceptors (Lipinski definition) is 4. The molecule has 2 aromatic carbocycles. The first-order valence-corrected chi connectivity index (χ1v) is 10.6. The van der Waals surface area contributed by atoms with Crippen LogP contribution in [-0.4, -0.2) is 23.1 Å². The third kappa shape index (κ3) is 5.18. The summed E-state index contributed by atoms with van der Waals surface area (Å²) in [6.07, 6.45) is 6.70. The Kier molecular flexibility index (Phi) is 7.33. The molecule has 0 radical (unpaired) electrons. The summed E-state index contributed by atoms with van der Waals surface area (Å²) in [4.78, 5) is 13.4. The van der Waals surface area contributed by atoms with Crippen LogP contribution < -0.4 is 4.74 Å². The van der Waals surface area contributed by atoms with E-state index in [-0.39, 0.29) is 22.8 Å². The Labute approximate surface area is 186 Å². The van der Waals surface area contributed by atoms with Crippen molar-refractivity contribution in [2.45, 2.75) is 45.4 Å². The molecule has 6 heteroatoms. The van der Waals surface area contributed by atoms with Gasteiger partial charge in [-0.05, 0) is 63.1 Å². The van der Waals surface area contributed by atoms with E-state index in [1.807, 2.05) is 19.9 Å². The van der Waals surface area contributed by atoms with Crippen molar-refractivity contribution in [2.75, 3.05) is 7.11 Å². The van der Waals surface area contributed by atoms with Gasteiger partial charge < -0.3 is 14.9 Å². The van der Waals surface area contributed by atoms with E-state index in [9.17, 15) is 23.8 Å². The van der Waals surface area contributed by atoms with Crippen molar-refractivity contribution in [3.8, 4) is 17.2 Å². The molecule has 4 nitrogen and oxygen atoms in total. The van der Waals surface area contributed by atoms with Gasteiger partial charge in [-0.3, -0.25) is 4.79 Å². The minimum absolute atomic E-state index is 0.190. The monoisotopic (exact) mass is 442 g/mol. The molecule has 2 aromatic rings. The number of phenolic OH excluding ortho intramolecular Hbond substituents is 2. The lowest BCUT2D eigenvalue weighted by Crippen LogP contribution is -2.26.